The Labute approximate surface area is 159 Å². The van der Waals surface area contributed by atoms with Gasteiger partial charge in [-0.2, -0.15) is 0 Å². The molecule has 0 aliphatic rings. The Morgan fingerprint density at radius 2 is 1.86 bits per heavy atom. The maximum Gasteiger partial charge on any atom is 0.279 e. The van der Waals surface area contributed by atoms with Crippen LogP contribution in [0.2, 0.25) is 0 Å². The van der Waals surface area contributed by atoms with Crippen molar-refractivity contribution in [1.82, 2.24) is 4.98 Å². The fourth-order valence-corrected chi connectivity index (χ4v) is 3.01. The Morgan fingerprint density at radius 1 is 1.04 bits per heavy atom. The minimum atomic E-state index is -0.472. The smallest absolute Gasteiger partial charge is 0.279 e. The number of hydrogen-bond acceptors (Lipinski definition) is 5. The van der Waals surface area contributed by atoms with Crippen molar-refractivity contribution in [3.05, 3.63) is 83.0 Å². The minimum Gasteiger partial charge on any atom is -0.481 e. The van der Waals surface area contributed by atoms with E-state index in [0.29, 0.717) is 22.3 Å². The molecule has 1 N–H and O–H groups in total. The number of hydrogen-bond donors (Lipinski definition) is 1. The number of aromatic nitrogens is 1. The Balaban J connectivity index is 1.50. The van der Waals surface area contributed by atoms with Crippen LogP contribution in [0.1, 0.15) is 0 Å². The molecule has 0 fully saturated rings. The molecule has 0 saturated carbocycles. The lowest BCUT2D eigenvalue weighted by Gasteiger charge is -2.10. The van der Waals surface area contributed by atoms with E-state index in [4.69, 9.17) is 4.74 Å². The van der Waals surface area contributed by atoms with E-state index in [0.717, 1.165) is 10.8 Å². The van der Waals surface area contributed by atoms with Gasteiger partial charge in [0.15, 0.2) is 6.61 Å². The van der Waals surface area contributed by atoms with E-state index in [1.807, 2.05) is 42.5 Å². The molecule has 3 aromatic carbocycles. The predicted molar refractivity (Wildman–Crippen MR) is 106 cm³/mol. The quantitative estimate of drug-likeness (QED) is 0.415. The molecule has 7 heteroatoms. The first-order chi connectivity index (χ1) is 13.6. The highest BCUT2D eigenvalue weighted by Gasteiger charge is 2.16. The molecule has 0 spiro atoms. The number of nitro groups is 1. The van der Waals surface area contributed by atoms with E-state index in [9.17, 15) is 14.9 Å². The van der Waals surface area contributed by atoms with Gasteiger partial charge in [0.2, 0.25) is 0 Å². The van der Waals surface area contributed by atoms with Crippen molar-refractivity contribution >= 4 is 39.0 Å². The van der Waals surface area contributed by atoms with Crippen molar-refractivity contribution in [2.45, 2.75) is 0 Å². The predicted octanol–water partition coefficient (Wildman–Crippen LogP) is 4.31. The standard InChI is InChI=1S/C21H15N3O4/c25-20(23-16-8-7-14-4-1-2-5-15(14)12-16)13-28-19-10-9-18(24(26)27)17-6-3-11-22-21(17)19/h1-12H,13H2,(H,23,25). The van der Waals surface area contributed by atoms with E-state index in [1.54, 1.807) is 12.1 Å². The van der Waals surface area contributed by atoms with Crippen LogP contribution in [0.15, 0.2) is 72.9 Å². The Hall–Kier alpha value is -4.00. The van der Waals surface area contributed by atoms with Crippen molar-refractivity contribution in [2.75, 3.05) is 11.9 Å². The Bertz CT molecular complexity index is 1210. The third kappa shape index (κ3) is 3.45. The van der Waals surface area contributed by atoms with Crippen LogP contribution in [0.4, 0.5) is 11.4 Å². The van der Waals surface area contributed by atoms with Crippen molar-refractivity contribution in [3.8, 4) is 5.75 Å². The molecule has 0 radical (unpaired) electrons. The summed E-state index contributed by atoms with van der Waals surface area (Å²) in [6.07, 6.45) is 1.52. The zero-order chi connectivity index (χ0) is 19.5. The molecule has 1 heterocycles. The first-order valence-electron chi connectivity index (χ1n) is 8.55. The Morgan fingerprint density at radius 3 is 2.68 bits per heavy atom. The fraction of sp³-hybridized carbons (Fsp3) is 0.0476. The molecule has 0 saturated heterocycles. The van der Waals surface area contributed by atoms with Crippen molar-refractivity contribution < 1.29 is 14.5 Å². The highest BCUT2D eigenvalue weighted by Crippen LogP contribution is 2.31. The molecule has 4 aromatic rings. The molecule has 0 aliphatic heterocycles. The zero-order valence-electron chi connectivity index (χ0n) is 14.7. The van der Waals surface area contributed by atoms with Crippen LogP contribution in [-0.4, -0.2) is 22.4 Å². The van der Waals surface area contributed by atoms with Crippen molar-refractivity contribution in [3.63, 3.8) is 0 Å². The summed E-state index contributed by atoms with van der Waals surface area (Å²) in [4.78, 5) is 27.1. The van der Waals surface area contributed by atoms with Crippen LogP contribution < -0.4 is 10.1 Å². The molecule has 7 nitrogen and oxygen atoms in total. The van der Waals surface area contributed by atoms with E-state index < -0.39 is 4.92 Å². The number of nitrogens with one attached hydrogen (secondary N) is 1. The largest absolute Gasteiger partial charge is 0.481 e. The van der Waals surface area contributed by atoms with Gasteiger partial charge in [-0.1, -0.05) is 30.3 Å². The number of benzene rings is 3. The van der Waals surface area contributed by atoms with Crippen LogP contribution in [0.25, 0.3) is 21.7 Å². The zero-order valence-corrected chi connectivity index (χ0v) is 14.7. The number of ether oxygens (including phenoxy) is 1. The number of rotatable bonds is 5. The van der Waals surface area contributed by atoms with Crippen LogP contribution >= 0.6 is 0 Å². The van der Waals surface area contributed by atoms with Gasteiger partial charge in [0.1, 0.15) is 11.3 Å². The highest BCUT2D eigenvalue weighted by atomic mass is 16.6. The van der Waals surface area contributed by atoms with E-state index in [2.05, 4.69) is 10.3 Å². The van der Waals surface area contributed by atoms with Gasteiger partial charge in [0.25, 0.3) is 11.6 Å². The number of nitro benzene ring substituents is 1. The third-order valence-electron chi connectivity index (χ3n) is 4.30. The molecular weight excluding hydrogens is 358 g/mol. The van der Waals surface area contributed by atoms with Gasteiger partial charge < -0.3 is 10.1 Å². The summed E-state index contributed by atoms with van der Waals surface area (Å²) in [7, 11) is 0. The molecule has 138 valence electrons. The van der Waals surface area contributed by atoms with Gasteiger partial charge in [-0.25, -0.2) is 0 Å². The molecule has 0 unspecified atom stereocenters. The molecular formula is C21H15N3O4. The van der Waals surface area contributed by atoms with E-state index in [-0.39, 0.29) is 18.2 Å². The highest BCUT2D eigenvalue weighted by molar-refractivity contribution is 5.96. The summed E-state index contributed by atoms with van der Waals surface area (Å²) in [6, 6.07) is 19.5. The first kappa shape index (κ1) is 17.4. The van der Waals surface area contributed by atoms with Gasteiger partial charge in [-0.15, -0.1) is 0 Å². The molecule has 0 bridgehead atoms. The second-order valence-corrected chi connectivity index (χ2v) is 6.14. The summed E-state index contributed by atoms with van der Waals surface area (Å²) >= 11 is 0. The number of pyridine rings is 1. The minimum absolute atomic E-state index is 0.0592. The number of anilines is 1. The lowest BCUT2D eigenvalue weighted by atomic mass is 10.1. The van der Waals surface area contributed by atoms with Gasteiger partial charge >= 0.3 is 0 Å². The van der Waals surface area contributed by atoms with Crippen LogP contribution in [0.3, 0.4) is 0 Å². The van der Waals surface area contributed by atoms with E-state index in [1.165, 1.54) is 18.3 Å². The van der Waals surface area contributed by atoms with Crippen molar-refractivity contribution in [2.24, 2.45) is 0 Å². The van der Waals surface area contributed by atoms with Gasteiger partial charge in [-0.05, 0) is 41.1 Å². The normalized spacial score (nSPS) is 10.7. The molecule has 0 atom stereocenters. The number of nitrogens with zero attached hydrogens (tertiary/aromatic N) is 2. The molecule has 1 amide bonds. The van der Waals surface area contributed by atoms with E-state index >= 15 is 0 Å². The number of carbonyl (C=O) groups excluding carboxylic acids is 1. The summed E-state index contributed by atoms with van der Waals surface area (Å²) in [5, 5.41) is 16.4. The maximum atomic E-state index is 12.3. The number of non-ortho nitro benzene ring substituents is 1. The summed E-state index contributed by atoms with van der Waals surface area (Å²) in [6.45, 7) is -0.240. The van der Waals surface area contributed by atoms with Gasteiger partial charge in [0.05, 0.1) is 10.3 Å². The van der Waals surface area contributed by atoms with Crippen LogP contribution in [-0.2, 0) is 4.79 Å². The SMILES string of the molecule is O=C(COc1ccc([N+](=O)[O-])c2cccnc12)Nc1ccc2ccccc2c1. The fourth-order valence-electron chi connectivity index (χ4n) is 3.01. The molecule has 0 aliphatic carbocycles. The lowest BCUT2D eigenvalue weighted by molar-refractivity contribution is -0.383. The van der Waals surface area contributed by atoms with Gasteiger partial charge in [0, 0.05) is 18.0 Å². The molecule has 4 rings (SSSR count). The summed E-state index contributed by atoms with van der Waals surface area (Å²) < 4.78 is 5.58. The third-order valence-corrected chi connectivity index (χ3v) is 4.30. The number of amides is 1. The molecule has 28 heavy (non-hydrogen) atoms. The van der Waals surface area contributed by atoms with Crippen LogP contribution in [0, 0.1) is 10.1 Å². The van der Waals surface area contributed by atoms with Crippen LogP contribution in [0.5, 0.6) is 5.75 Å². The number of carbonyl (C=O) groups is 1. The maximum absolute atomic E-state index is 12.3. The second-order valence-electron chi connectivity index (χ2n) is 6.14. The second kappa shape index (κ2) is 7.32. The average Bonchev–Trinajstić information content (AvgIpc) is 2.71. The number of fused-ring (bicyclic) bond motifs is 2. The first-order valence-corrected chi connectivity index (χ1v) is 8.55. The average molecular weight is 373 g/mol. The summed E-state index contributed by atoms with van der Waals surface area (Å²) in [5.74, 6) is -0.0208. The molecule has 1 aromatic heterocycles. The van der Waals surface area contributed by atoms with Crippen molar-refractivity contribution in [1.29, 1.82) is 0 Å². The Kier molecular flexibility index (Phi) is 4.55. The summed E-state index contributed by atoms with van der Waals surface area (Å²) in [5.41, 5.74) is 0.949. The lowest BCUT2D eigenvalue weighted by Crippen LogP contribution is -2.20. The van der Waals surface area contributed by atoms with Gasteiger partial charge in [-0.3, -0.25) is 19.9 Å². The monoisotopic (exact) mass is 373 g/mol. The topological polar surface area (TPSA) is 94.4 Å².